The van der Waals surface area contributed by atoms with Crippen LogP contribution in [0.15, 0.2) is 22.7 Å². The molecule has 1 fully saturated rings. The highest BCUT2D eigenvalue weighted by Crippen LogP contribution is 2.24. The van der Waals surface area contributed by atoms with Crippen molar-refractivity contribution in [2.75, 3.05) is 0 Å². The maximum atomic E-state index is 12.4. The number of hydrogen-bond donors (Lipinski definition) is 1. The number of hydrogen-bond acceptors (Lipinski definition) is 1. The van der Waals surface area contributed by atoms with Crippen LogP contribution in [0, 0.1) is 12.8 Å². The third-order valence-electron chi connectivity index (χ3n) is 4.05. The van der Waals surface area contributed by atoms with Crippen LogP contribution in [0.5, 0.6) is 0 Å². The van der Waals surface area contributed by atoms with Gasteiger partial charge in [0.25, 0.3) is 5.91 Å². The molecule has 0 aliphatic heterocycles. The number of carbonyl (C=O) groups is 1. The molecule has 0 spiro atoms. The molecule has 104 valence electrons. The summed E-state index contributed by atoms with van der Waals surface area (Å²) in [6, 6.07) is 6.20. The van der Waals surface area contributed by atoms with Gasteiger partial charge in [0.1, 0.15) is 0 Å². The summed E-state index contributed by atoms with van der Waals surface area (Å²) in [5, 5.41) is 3.22. The van der Waals surface area contributed by atoms with Gasteiger partial charge in [0.15, 0.2) is 0 Å². The van der Waals surface area contributed by atoms with E-state index in [2.05, 4.69) is 28.2 Å². The first-order valence-electron chi connectivity index (χ1n) is 7.15. The number of nitrogens with one attached hydrogen (secondary N) is 1. The molecule has 19 heavy (non-hydrogen) atoms. The van der Waals surface area contributed by atoms with Crippen LogP contribution in [0.1, 0.15) is 54.9 Å². The minimum Gasteiger partial charge on any atom is -0.349 e. The van der Waals surface area contributed by atoms with E-state index in [9.17, 15) is 4.79 Å². The summed E-state index contributed by atoms with van der Waals surface area (Å²) in [5.41, 5.74) is 1.90. The van der Waals surface area contributed by atoms with Crippen molar-refractivity contribution in [2.45, 2.75) is 52.0 Å². The van der Waals surface area contributed by atoms with Crippen molar-refractivity contribution in [3.8, 4) is 0 Å². The largest absolute Gasteiger partial charge is 0.349 e. The van der Waals surface area contributed by atoms with Crippen LogP contribution in [0.3, 0.4) is 0 Å². The van der Waals surface area contributed by atoms with Crippen molar-refractivity contribution in [1.82, 2.24) is 5.32 Å². The molecule has 1 aliphatic carbocycles. The number of aryl methyl sites for hydroxylation is 1. The Morgan fingerprint density at radius 2 is 2.00 bits per heavy atom. The summed E-state index contributed by atoms with van der Waals surface area (Å²) in [7, 11) is 0. The molecule has 2 atom stereocenters. The van der Waals surface area contributed by atoms with E-state index in [-0.39, 0.29) is 5.91 Å². The fourth-order valence-electron chi connectivity index (χ4n) is 2.76. The molecule has 0 bridgehead atoms. The lowest BCUT2D eigenvalue weighted by molar-refractivity contribution is 0.0921. The predicted molar refractivity (Wildman–Crippen MR) is 82.4 cm³/mol. The second-order valence-electron chi connectivity index (χ2n) is 5.68. The van der Waals surface area contributed by atoms with Crippen LogP contribution in [0.2, 0.25) is 0 Å². The maximum absolute atomic E-state index is 12.4. The predicted octanol–water partition coefficient (Wildman–Crippen LogP) is 4.46. The fourth-order valence-corrected chi connectivity index (χ4v) is 3.43. The van der Waals surface area contributed by atoms with Gasteiger partial charge in [0.05, 0.1) is 5.56 Å². The smallest absolute Gasteiger partial charge is 0.252 e. The second kappa shape index (κ2) is 6.56. The summed E-state index contributed by atoms with van der Waals surface area (Å²) >= 11 is 3.48. The third kappa shape index (κ3) is 3.82. The third-order valence-corrected chi connectivity index (χ3v) is 4.70. The summed E-state index contributed by atoms with van der Waals surface area (Å²) in [6.07, 6.45) is 6.15. The zero-order chi connectivity index (χ0) is 13.8. The molecule has 1 aromatic rings. The van der Waals surface area contributed by atoms with Gasteiger partial charge in [-0.3, -0.25) is 4.79 Å². The van der Waals surface area contributed by atoms with Crippen LogP contribution in [0.4, 0.5) is 0 Å². The van der Waals surface area contributed by atoms with Gasteiger partial charge >= 0.3 is 0 Å². The molecule has 0 heterocycles. The second-order valence-corrected chi connectivity index (χ2v) is 6.53. The Labute approximate surface area is 124 Å². The highest BCUT2D eigenvalue weighted by atomic mass is 79.9. The molecule has 2 rings (SSSR count). The van der Waals surface area contributed by atoms with E-state index in [0.29, 0.717) is 12.0 Å². The van der Waals surface area contributed by atoms with Crippen molar-refractivity contribution >= 4 is 21.8 Å². The van der Waals surface area contributed by atoms with Crippen molar-refractivity contribution < 1.29 is 4.79 Å². The van der Waals surface area contributed by atoms with Crippen LogP contribution in [-0.4, -0.2) is 11.9 Å². The van der Waals surface area contributed by atoms with Crippen molar-refractivity contribution in [3.05, 3.63) is 33.8 Å². The molecule has 1 aliphatic rings. The lowest BCUT2D eigenvalue weighted by Crippen LogP contribution is -2.39. The molecule has 1 saturated carbocycles. The first-order valence-corrected chi connectivity index (χ1v) is 7.94. The first kappa shape index (κ1) is 14.6. The summed E-state index contributed by atoms with van der Waals surface area (Å²) in [4.78, 5) is 12.4. The minimum atomic E-state index is 0.0469. The number of halogens is 1. The highest BCUT2D eigenvalue weighted by Gasteiger charge is 2.22. The van der Waals surface area contributed by atoms with Gasteiger partial charge in [-0.2, -0.15) is 0 Å². The van der Waals surface area contributed by atoms with E-state index in [1.54, 1.807) is 0 Å². The lowest BCUT2D eigenvalue weighted by Gasteiger charge is -2.23. The van der Waals surface area contributed by atoms with Gasteiger partial charge in [-0.05, 0) is 59.3 Å². The topological polar surface area (TPSA) is 29.1 Å². The van der Waals surface area contributed by atoms with Gasteiger partial charge < -0.3 is 5.32 Å². The Bertz CT molecular complexity index is 458. The molecule has 0 saturated heterocycles. The normalized spacial score (nSPS) is 23.7. The Morgan fingerprint density at radius 1 is 1.26 bits per heavy atom. The average Bonchev–Trinajstić information content (AvgIpc) is 2.55. The minimum absolute atomic E-state index is 0.0469. The van der Waals surface area contributed by atoms with Crippen LogP contribution in [-0.2, 0) is 0 Å². The standard InChI is InChI=1S/C16H22BrNO/c1-11-8-9-13(14(17)10-11)16(19)18-15-7-5-3-4-6-12(15)2/h8-10,12,15H,3-7H2,1-2H3,(H,18,19). The van der Waals surface area contributed by atoms with Gasteiger partial charge in [-0.1, -0.05) is 32.3 Å². The number of carbonyl (C=O) groups excluding carboxylic acids is 1. The van der Waals surface area contributed by atoms with E-state index in [0.717, 1.165) is 22.0 Å². The molecule has 0 radical (unpaired) electrons. The number of benzene rings is 1. The lowest BCUT2D eigenvalue weighted by atomic mass is 9.96. The zero-order valence-corrected chi connectivity index (χ0v) is 13.3. The highest BCUT2D eigenvalue weighted by molar-refractivity contribution is 9.10. The maximum Gasteiger partial charge on any atom is 0.252 e. The molecule has 1 N–H and O–H groups in total. The molecule has 1 aromatic carbocycles. The van der Waals surface area contributed by atoms with Crippen LogP contribution in [0.25, 0.3) is 0 Å². The fraction of sp³-hybridized carbons (Fsp3) is 0.562. The molecular weight excluding hydrogens is 302 g/mol. The SMILES string of the molecule is Cc1ccc(C(=O)NC2CCCCCC2C)c(Br)c1. The van der Waals surface area contributed by atoms with E-state index in [4.69, 9.17) is 0 Å². The van der Waals surface area contributed by atoms with E-state index < -0.39 is 0 Å². The Kier molecular flexibility index (Phi) is 5.03. The van der Waals surface area contributed by atoms with Gasteiger partial charge in [-0.15, -0.1) is 0 Å². The first-order chi connectivity index (χ1) is 9.08. The number of amides is 1. The van der Waals surface area contributed by atoms with Crippen molar-refractivity contribution in [1.29, 1.82) is 0 Å². The van der Waals surface area contributed by atoms with Gasteiger partial charge in [0, 0.05) is 10.5 Å². The zero-order valence-electron chi connectivity index (χ0n) is 11.7. The molecular formula is C16H22BrNO. The van der Waals surface area contributed by atoms with E-state index in [1.807, 2.05) is 25.1 Å². The summed E-state index contributed by atoms with van der Waals surface area (Å²) < 4.78 is 0.881. The molecule has 2 unspecified atom stereocenters. The quantitative estimate of drug-likeness (QED) is 0.800. The molecule has 2 nitrogen and oxygen atoms in total. The summed E-state index contributed by atoms with van der Waals surface area (Å²) in [6.45, 7) is 4.28. The molecule has 1 amide bonds. The Hall–Kier alpha value is -0.830. The van der Waals surface area contributed by atoms with Crippen LogP contribution < -0.4 is 5.32 Å². The van der Waals surface area contributed by atoms with E-state index in [1.165, 1.54) is 25.7 Å². The summed E-state index contributed by atoms with van der Waals surface area (Å²) in [5.74, 6) is 0.626. The Morgan fingerprint density at radius 3 is 2.74 bits per heavy atom. The van der Waals surface area contributed by atoms with Crippen molar-refractivity contribution in [2.24, 2.45) is 5.92 Å². The monoisotopic (exact) mass is 323 g/mol. The Balaban J connectivity index is 2.07. The van der Waals surface area contributed by atoms with E-state index >= 15 is 0 Å². The van der Waals surface area contributed by atoms with Gasteiger partial charge in [-0.25, -0.2) is 0 Å². The number of rotatable bonds is 2. The molecule has 3 heteroatoms. The molecule has 0 aromatic heterocycles. The van der Waals surface area contributed by atoms with Crippen molar-refractivity contribution in [3.63, 3.8) is 0 Å². The average molecular weight is 324 g/mol. The van der Waals surface area contributed by atoms with Crippen LogP contribution >= 0.6 is 15.9 Å². The van der Waals surface area contributed by atoms with Gasteiger partial charge in [0.2, 0.25) is 0 Å².